The molecule has 1 rings (SSSR count). The zero-order chi connectivity index (χ0) is 15.3. The van der Waals surface area contributed by atoms with Gasteiger partial charge in [-0.2, -0.15) is 0 Å². The summed E-state index contributed by atoms with van der Waals surface area (Å²) >= 11 is 0. The Hall–Kier alpha value is -1.02. The minimum absolute atomic E-state index is 0.272. The molecule has 114 valence electrons. The molecule has 2 unspecified atom stereocenters. The van der Waals surface area contributed by atoms with Crippen molar-refractivity contribution in [1.29, 1.82) is 0 Å². The Kier molecular flexibility index (Phi) is 6.07. The standard InChI is InChI=1S/C18H31NO/c1-13(2)12-20-17-10-8-16(9-11-17)14(3)19-15(4)18(5,6)7/h8-11,13-15,19H,12H2,1-7H3. The highest BCUT2D eigenvalue weighted by molar-refractivity contribution is 5.29. The largest absolute Gasteiger partial charge is 0.493 e. The van der Waals surface area contributed by atoms with E-state index in [0.717, 1.165) is 12.4 Å². The van der Waals surface area contributed by atoms with Crippen LogP contribution in [0.25, 0.3) is 0 Å². The van der Waals surface area contributed by atoms with Gasteiger partial charge >= 0.3 is 0 Å². The molecule has 0 aliphatic carbocycles. The molecule has 20 heavy (non-hydrogen) atoms. The summed E-state index contributed by atoms with van der Waals surface area (Å²) in [6.45, 7) is 16.3. The molecule has 1 aromatic carbocycles. The molecule has 2 heteroatoms. The molecule has 2 nitrogen and oxygen atoms in total. The van der Waals surface area contributed by atoms with Crippen molar-refractivity contribution in [2.45, 2.75) is 60.5 Å². The minimum atomic E-state index is 0.272. The van der Waals surface area contributed by atoms with Crippen molar-refractivity contribution in [2.24, 2.45) is 11.3 Å². The van der Waals surface area contributed by atoms with Crippen LogP contribution >= 0.6 is 0 Å². The molecular formula is C18H31NO. The van der Waals surface area contributed by atoms with Crippen molar-refractivity contribution in [3.63, 3.8) is 0 Å². The summed E-state index contributed by atoms with van der Waals surface area (Å²) in [6.07, 6.45) is 0. The third-order valence-electron chi connectivity index (χ3n) is 3.76. The van der Waals surface area contributed by atoms with Crippen LogP contribution in [-0.4, -0.2) is 12.6 Å². The SMILES string of the molecule is CC(C)COc1ccc(C(C)NC(C)C(C)(C)C)cc1. The molecule has 1 aromatic rings. The van der Waals surface area contributed by atoms with Crippen LogP contribution in [0.5, 0.6) is 5.75 Å². The summed E-state index contributed by atoms with van der Waals surface area (Å²) in [7, 11) is 0. The van der Waals surface area contributed by atoms with Crippen molar-refractivity contribution in [2.75, 3.05) is 6.61 Å². The van der Waals surface area contributed by atoms with Gasteiger partial charge in [0.25, 0.3) is 0 Å². The van der Waals surface area contributed by atoms with Crippen molar-refractivity contribution in [1.82, 2.24) is 5.32 Å². The lowest BCUT2D eigenvalue weighted by atomic mass is 9.87. The zero-order valence-electron chi connectivity index (χ0n) is 14.2. The maximum atomic E-state index is 5.72. The molecule has 0 radical (unpaired) electrons. The fourth-order valence-corrected chi connectivity index (χ4v) is 1.84. The fourth-order valence-electron chi connectivity index (χ4n) is 1.84. The first kappa shape index (κ1) is 17.0. The molecule has 0 fully saturated rings. The summed E-state index contributed by atoms with van der Waals surface area (Å²) in [5.74, 6) is 1.52. The van der Waals surface area contributed by atoms with E-state index in [1.165, 1.54) is 5.56 Å². The quantitative estimate of drug-likeness (QED) is 0.806. The lowest BCUT2D eigenvalue weighted by molar-refractivity contribution is 0.266. The molecule has 0 spiro atoms. The van der Waals surface area contributed by atoms with E-state index in [9.17, 15) is 0 Å². The van der Waals surface area contributed by atoms with Crippen molar-refractivity contribution in [3.05, 3.63) is 29.8 Å². The second kappa shape index (κ2) is 7.12. The number of hydrogen-bond acceptors (Lipinski definition) is 2. The Bertz CT molecular complexity index is 389. The molecule has 0 heterocycles. The fraction of sp³-hybridized carbons (Fsp3) is 0.667. The van der Waals surface area contributed by atoms with E-state index in [1.807, 2.05) is 0 Å². The van der Waals surface area contributed by atoms with Gasteiger partial charge in [-0.15, -0.1) is 0 Å². The lowest BCUT2D eigenvalue weighted by Crippen LogP contribution is -2.39. The molecule has 2 atom stereocenters. The van der Waals surface area contributed by atoms with Crippen molar-refractivity contribution >= 4 is 0 Å². The van der Waals surface area contributed by atoms with Gasteiger partial charge in [0, 0.05) is 12.1 Å². The van der Waals surface area contributed by atoms with Gasteiger partial charge < -0.3 is 10.1 Å². The topological polar surface area (TPSA) is 21.3 Å². The second-order valence-electron chi connectivity index (χ2n) is 7.25. The zero-order valence-corrected chi connectivity index (χ0v) is 14.2. The number of benzene rings is 1. The maximum Gasteiger partial charge on any atom is 0.119 e. The van der Waals surface area contributed by atoms with Gasteiger partial charge in [0.05, 0.1) is 6.61 Å². The molecule has 0 aromatic heterocycles. The summed E-state index contributed by atoms with van der Waals surface area (Å²) in [6, 6.07) is 9.26. The molecule has 0 saturated carbocycles. The van der Waals surface area contributed by atoms with Gasteiger partial charge in [-0.05, 0) is 42.9 Å². The Morgan fingerprint density at radius 3 is 2.00 bits per heavy atom. The van der Waals surface area contributed by atoms with Crippen LogP contribution in [0.4, 0.5) is 0 Å². The Morgan fingerprint density at radius 1 is 1.00 bits per heavy atom. The van der Waals surface area contributed by atoms with Crippen LogP contribution in [0, 0.1) is 11.3 Å². The van der Waals surface area contributed by atoms with Crippen molar-refractivity contribution in [3.8, 4) is 5.75 Å². The van der Waals surface area contributed by atoms with Crippen LogP contribution in [0.15, 0.2) is 24.3 Å². The van der Waals surface area contributed by atoms with Crippen molar-refractivity contribution < 1.29 is 4.74 Å². The van der Waals surface area contributed by atoms with Gasteiger partial charge in [0.1, 0.15) is 5.75 Å². The third-order valence-corrected chi connectivity index (χ3v) is 3.76. The Labute approximate surface area is 124 Å². The van der Waals surface area contributed by atoms with Crippen LogP contribution < -0.4 is 10.1 Å². The van der Waals surface area contributed by atoms with Crippen LogP contribution in [0.1, 0.15) is 60.1 Å². The van der Waals surface area contributed by atoms with Gasteiger partial charge in [-0.3, -0.25) is 0 Å². The average molecular weight is 277 g/mol. The second-order valence-corrected chi connectivity index (χ2v) is 7.25. The summed E-state index contributed by atoms with van der Waals surface area (Å²) < 4.78 is 5.72. The van der Waals surface area contributed by atoms with Gasteiger partial charge in [-0.25, -0.2) is 0 Å². The summed E-state index contributed by atoms with van der Waals surface area (Å²) in [4.78, 5) is 0. The first-order chi connectivity index (χ1) is 9.20. The van der Waals surface area contributed by atoms with Gasteiger partial charge in [0.15, 0.2) is 0 Å². The van der Waals surface area contributed by atoms with E-state index in [-0.39, 0.29) is 5.41 Å². The molecular weight excluding hydrogens is 246 g/mol. The number of ether oxygens (including phenoxy) is 1. The lowest BCUT2D eigenvalue weighted by Gasteiger charge is -2.31. The van der Waals surface area contributed by atoms with E-state index in [1.54, 1.807) is 0 Å². The van der Waals surface area contributed by atoms with Crippen LogP contribution in [0.2, 0.25) is 0 Å². The van der Waals surface area contributed by atoms with Crippen LogP contribution in [-0.2, 0) is 0 Å². The predicted octanol–water partition coefficient (Wildman–Crippen LogP) is 4.81. The smallest absolute Gasteiger partial charge is 0.119 e. The highest BCUT2D eigenvalue weighted by Crippen LogP contribution is 2.23. The Balaban J connectivity index is 2.59. The minimum Gasteiger partial charge on any atom is -0.493 e. The van der Waals surface area contributed by atoms with E-state index >= 15 is 0 Å². The van der Waals surface area contributed by atoms with E-state index < -0.39 is 0 Å². The number of rotatable bonds is 6. The monoisotopic (exact) mass is 277 g/mol. The summed E-state index contributed by atoms with van der Waals surface area (Å²) in [5.41, 5.74) is 1.58. The molecule has 1 N–H and O–H groups in total. The summed E-state index contributed by atoms with van der Waals surface area (Å²) in [5, 5.41) is 3.66. The number of nitrogens with one attached hydrogen (secondary N) is 1. The molecule has 0 amide bonds. The third kappa shape index (κ3) is 5.54. The van der Waals surface area contributed by atoms with Crippen LogP contribution in [0.3, 0.4) is 0 Å². The predicted molar refractivity (Wildman–Crippen MR) is 87.2 cm³/mol. The van der Waals surface area contributed by atoms with E-state index in [2.05, 4.69) is 78.0 Å². The van der Waals surface area contributed by atoms with E-state index in [0.29, 0.717) is 18.0 Å². The molecule has 0 aliphatic heterocycles. The van der Waals surface area contributed by atoms with E-state index in [4.69, 9.17) is 4.74 Å². The molecule has 0 saturated heterocycles. The molecule has 0 bridgehead atoms. The first-order valence-corrected chi connectivity index (χ1v) is 7.69. The highest BCUT2D eigenvalue weighted by Gasteiger charge is 2.21. The van der Waals surface area contributed by atoms with Gasteiger partial charge in [-0.1, -0.05) is 46.8 Å². The Morgan fingerprint density at radius 2 is 1.55 bits per heavy atom. The number of hydrogen-bond donors (Lipinski definition) is 1. The maximum absolute atomic E-state index is 5.72. The van der Waals surface area contributed by atoms with Gasteiger partial charge in [0.2, 0.25) is 0 Å². The average Bonchev–Trinajstić information content (AvgIpc) is 2.35. The normalized spacial score (nSPS) is 15.2. The highest BCUT2D eigenvalue weighted by atomic mass is 16.5. The first-order valence-electron chi connectivity index (χ1n) is 7.69. The molecule has 0 aliphatic rings.